The highest BCUT2D eigenvalue weighted by Gasteiger charge is 2.04. The van der Waals surface area contributed by atoms with E-state index in [0.717, 1.165) is 26.9 Å². The van der Waals surface area contributed by atoms with Gasteiger partial charge in [0, 0.05) is 11.0 Å². The molecule has 0 radical (unpaired) electrons. The number of hydrogen-bond acceptors (Lipinski definition) is 2. The van der Waals surface area contributed by atoms with Crippen LogP contribution in [0.5, 0.6) is 5.75 Å². The van der Waals surface area contributed by atoms with Crippen molar-refractivity contribution in [3.8, 4) is 5.75 Å². The van der Waals surface area contributed by atoms with Gasteiger partial charge in [-0.25, -0.2) is 4.39 Å². The summed E-state index contributed by atoms with van der Waals surface area (Å²) in [5.41, 5.74) is 8.39. The van der Waals surface area contributed by atoms with Crippen molar-refractivity contribution >= 4 is 15.9 Å². The molecular formula is C15H15BrFNO. The minimum absolute atomic E-state index is 0.274. The van der Waals surface area contributed by atoms with Crippen molar-refractivity contribution in [2.45, 2.75) is 20.1 Å². The first-order valence-electron chi connectivity index (χ1n) is 5.96. The number of aryl methyl sites for hydroxylation is 1. The predicted molar refractivity (Wildman–Crippen MR) is 77.5 cm³/mol. The van der Waals surface area contributed by atoms with Crippen LogP contribution in [0.2, 0.25) is 0 Å². The van der Waals surface area contributed by atoms with Crippen LogP contribution in [0.4, 0.5) is 4.39 Å². The Balaban J connectivity index is 2.12. The average molecular weight is 324 g/mol. The molecule has 0 heterocycles. The zero-order valence-corrected chi connectivity index (χ0v) is 12.2. The molecule has 100 valence electrons. The van der Waals surface area contributed by atoms with Crippen molar-refractivity contribution in [2.24, 2.45) is 5.73 Å². The summed E-state index contributed by atoms with van der Waals surface area (Å²) >= 11 is 3.44. The van der Waals surface area contributed by atoms with Gasteiger partial charge < -0.3 is 10.5 Å². The smallest absolute Gasteiger partial charge is 0.123 e. The fourth-order valence-corrected chi connectivity index (χ4v) is 2.04. The van der Waals surface area contributed by atoms with Crippen molar-refractivity contribution in [2.75, 3.05) is 0 Å². The van der Waals surface area contributed by atoms with Gasteiger partial charge in [-0.3, -0.25) is 0 Å². The third kappa shape index (κ3) is 3.55. The Bertz CT molecular complexity index is 586. The van der Waals surface area contributed by atoms with Crippen molar-refractivity contribution in [1.29, 1.82) is 0 Å². The molecule has 0 aliphatic carbocycles. The van der Waals surface area contributed by atoms with Gasteiger partial charge in [0.25, 0.3) is 0 Å². The van der Waals surface area contributed by atoms with Gasteiger partial charge in [0.1, 0.15) is 18.2 Å². The lowest BCUT2D eigenvalue weighted by atomic mass is 10.1. The molecule has 2 N–H and O–H groups in total. The maximum Gasteiger partial charge on any atom is 0.123 e. The van der Waals surface area contributed by atoms with Crippen LogP contribution in [0, 0.1) is 12.7 Å². The molecule has 0 amide bonds. The van der Waals surface area contributed by atoms with Gasteiger partial charge in [-0.05, 0) is 53.9 Å². The Morgan fingerprint density at radius 1 is 1.16 bits per heavy atom. The van der Waals surface area contributed by atoms with Crippen molar-refractivity contribution in [1.82, 2.24) is 0 Å². The van der Waals surface area contributed by atoms with E-state index in [1.165, 1.54) is 12.1 Å². The van der Waals surface area contributed by atoms with E-state index in [1.807, 2.05) is 25.1 Å². The fourth-order valence-electron chi connectivity index (χ4n) is 1.79. The summed E-state index contributed by atoms with van der Waals surface area (Å²) < 4.78 is 19.9. The van der Waals surface area contributed by atoms with Crippen LogP contribution < -0.4 is 10.5 Å². The number of hydrogen-bond donors (Lipinski definition) is 1. The van der Waals surface area contributed by atoms with Crippen LogP contribution in [-0.4, -0.2) is 0 Å². The molecule has 0 unspecified atom stereocenters. The quantitative estimate of drug-likeness (QED) is 0.925. The Morgan fingerprint density at radius 2 is 1.95 bits per heavy atom. The van der Waals surface area contributed by atoms with Crippen LogP contribution in [-0.2, 0) is 13.2 Å². The van der Waals surface area contributed by atoms with E-state index < -0.39 is 0 Å². The van der Waals surface area contributed by atoms with Crippen molar-refractivity contribution in [3.63, 3.8) is 0 Å². The lowest BCUT2D eigenvalue weighted by Crippen LogP contribution is -2.05. The molecule has 0 atom stereocenters. The van der Waals surface area contributed by atoms with Crippen LogP contribution >= 0.6 is 15.9 Å². The lowest BCUT2D eigenvalue weighted by Gasteiger charge is -2.11. The third-order valence-corrected chi connectivity index (χ3v) is 3.80. The van der Waals surface area contributed by atoms with Crippen LogP contribution in [0.15, 0.2) is 40.9 Å². The van der Waals surface area contributed by atoms with Gasteiger partial charge in [0.2, 0.25) is 0 Å². The molecule has 0 aromatic heterocycles. The first-order chi connectivity index (χ1) is 9.10. The second kappa shape index (κ2) is 6.17. The van der Waals surface area contributed by atoms with E-state index in [1.54, 1.807) is 6.07 Å². The van der Waals surface area contributed by atoms with E-state index in [0.29, 0.717) is 13.2 Å². The fraction of sp³-hybridized carbons (Fsp3) is 0.200. The molecule has 4 heteroatoms. The molecule has 2 nitrogen and oxygen atoms in total. The van der Waals surface area contributed by atoms with Gasteiger partial charge in [-0.1, -0.05) is 22.0 Å². The molecule has 2 aromatic carbocycles. The molecule has 0 bridgehead atoms. The normalized spacial score (nSPS) is 10.5. The second-order valence-electron chi connectivity index (χ2n) is 4.32. The molecule has 0 saturated carbocycles. The first kappa shape index (κ1) is 14.0. The summed E-state index contributed by atoms with van der Waals surface area (Å²) in [5.74, 6) is 0.511. The molecule has 2 rings (SSSR count). The largest absolute Gasteiger partial charge is 0.489 e. The molecule has 0 aliphatic heterocycles. The van der Waals surface area contributed by atoms with Crippen LogP contribution in [0.3, 0.4) is 0 Å². The van der Waals surface area contributed by atoms with Gasteiger partial charge in [-0.2, -0.15) is 0 Å². The molecule has 0 saturated heterocycles. The van der Waals surface area contributed by atoms with Gasteiger partial charge >= 0.3 is 0 Å². The number of nitrogens with two attached hydrogens (primary N) is 1. The zero-order valence-electron chi connectivity index (χ0n) is 10.6. The maximum atomic E-state index is 13.1. The Kier molecular flexibility index (Phi) is 4.56. The molecule has 2 aromatic rings. The maximum absolute atomic E-state index is 13.1. The van der Waals surface area contributed by atoms with E-state index >= 15 is 0 Å². The highest BCUT2D eigenvalue weighted by atomic mass is 79.9. The minimum Gasteiger partial charge on any atom is -0.489 e. The number of rotatable bonds is 4. The Hall–Kier alpha value is -1.39. The first-order valence-corrected chi connectivity index (χ1v) is 6.76. The number of benzene rings is 2. The average Bonchev–Trinajstić information content (AvgIpc) is 2.41. The second-order valence-corrected chi connectivity index (χ2v) is 5.17. The van der Waals surface area contributed by atoms with E-state index in [2.05, 4.69) is 15.9 Å². The minimum atomic E-state index is -0.274. The summed E-state index contributed by atoms with van der Waals surface area (Å²) in [6, 6.07) is 10.4. The highest BCUT2D eigenvalue weighted by Crippen LogP contribution is 2.23. The summed E-state index contributed by atoms with van der Waals surface area (Å²) in [7, 11) is 0. The van der Waals surface area contributed by atoms with Gasteiger partial charge in [0.15, 0.2) is 0 Å². The van der Waals surface area contributed by atoms with E-state index in [9.17, 15) is 4.39 Å². The zero-order chi connectivity index (χ0) is 13.8. The highest BCUT2D eigenvalue weighted by molar-refractivity contribution is 9.10. The monoisotopic (exact) mass is 323 g/mol. The summed E-state index contributed by atoms with van der Waals surface area (Å²) in [6.45, 7) is 2.68. The molecule has 0 spiro atoms. The molecule has 0 fully saturated rings. The summed E-state index contributed by atoms with van der Waals surface area (Å²) in [5, 5.41) is 0. The number of halogens is 2. The predicted octanol–water partition coefficient (Wildman–Crippen LogP) is 3.93. The third-order valence-electron chi connectivity index (χ3n) is 2.91. The Morgan fingerprint density at radius 3 is 2.63 bits per heavy atom. The van der Waals surface area contributed by atoms with Gasteiger partial charge in [0.05, 0.1) is 0 Å². The molecule has 19 heavy (non-hydrogen) atoms. The van der Waals surface area contributed by atoms with Crippen LogP contribution in [0.25, 0.3) is 0 Å². The topological polar surface area (TPSA) is 35.2 Å². The van der Waals surface area contributed by atoms with Gasteiger partial charge in [-0.15, -0.1) is 0 Å². The standard InChI is InChI=1S/C15H15BrFNO/c1-10-6-14(4-5-15(10)16)19-9-11-2-3-13(17)7-12(11)8-18/h2-7H,8-9,18H2,1H3. The van der Waals surface area contributed by atoms with E-state index in [4.69, 9.17) is 10.5 Å². The lowest BCUT2D eigenvalue weighted by molar-refractivity contribution is 0.304. The van der Waals surface area contributed by atoms with Crippen molar-refractivity contribution < 1.29 is 9.13 Å². The summed E-state index contributed by atoms with van der Waals surface area (Å²) in [6.07, 6.45) is 0. The molecular weight excluding hydrogens is 309 g/mol. The number of ether oxygens (including phenoxy) is 1. The SMILES string of the molecule is Cc1cc(OCc2ccc(F)cc2CN)ccc1Br. The van der Waals surface area contributed by atoms with E-state index in [-0.39, 0.29) is 5.82 Å². The van der Waals surface area contributed by atoms with Crippen LogP contribution in [0.1, 0.15) is 16.7 Å². The molecule has 0 aliphatic rings. The Labute approximate surface area is 120 Å². The summed E-state index contributed by atoms with van der Waals surface area (Å²) in [4.78, 5) is 0. The van der Waals surface area contributed by atoms with Crippen molar-refractivity contribution in [3.05, 3.63) is 63.4 Å².